The fourth-order valence-corrected chi connectivity index (χ4v) is 3.78. The molecule has 0 heterocycles. The molecule has 0 fully saturated rings. The van der Waals surface area contributed by atoms with E-state index in [-0.39, 0.29) is 41.6 Å². The van der Waals surface area contributed by atoms with Crippen molar-refractivity contribution in [3.05, 3.63) is 99.9 Å². The SMILES string of the molecule is CCNC(=O)[C@@H](Cc1ccccc1)N(Cc1ccccc1F)C(=O)COc1ccc([N+](=O)[O-])c(OC)c1. The summed E-state index contributed by atoms with van der Waals surface area (Å²) in [4.78, 5) is 38.4. The lowest BCUT2D eigenvalue weighted by Crippen LogP contribution is -2.51. The summed E-state index contributed by atoms with van der Waals surface area (Å²) in [6.45, 7) is 1.48. The van der Waals surface area contributed by atoms with E-state index >= 15 is 0 Å². The summed E-state index contributed by atoms with van der Waals surface area (Å²) in [6, 6.07) is 18.2. The van der Waals surface area contributed by atoms with Gasteiger partial charge in [0, 0.05) is 37.2 Å². The van der Waals surface area contributed by atoms with Gasteiger partial charge < -0.3 is 19.7 Å². The van der Waals surface area contributed by atoms with Crippen LogP contribution in [0.1, 0.15) is 18.1 Å². The molecule has 0 spiro atoms. The van der Waals surface area contributed by atoms with Crippen molar-refractivity contribution in [2.75, 3.05) is 20.3 Å². The molecule has 3 aromatic rings. The molecule has 0 bridgehead atoms. The molecule has 0 aliphatic rings. The van der Waals surface area contributed by atoms with Crippen molar-refractivity contribution >= 4 is 17.5 Å². The first-order valence-electron chi connectivity index (χ1n) is 11.6. The number of methoxy groups -OCH3 is 1. The van der Waals surface area contributed by atoms with E-state index in [2.05, 4.69) is 5.32 Å². The first-order chi connectivity index (χ1) is 17.8. The van der Waals surface area contributed by atoms with E-state index in [0.717, 1.165) is 5.56 Å². The Kier molecular flexibility index (Phi) is 9.54. The molecule has 1 N–H and O–H groups in total. The molecule has 10 heteroatoms. The Hall–Kier alpha value is -4.47. The second-order valence-corrected chi connectivity index (χ2v) is 8.09. The van der Waals surface area contributed by atoms with Gasteiger partial charge in [-0.05, 0) is 24.6 Å². The number of nitrogens with zero attached hydrogens (tertiary/aromatic N) is 2. The van der Waals surface area contributed by atoms with Crippen LogP contribution in [0.3, 0.4) is 0 Å². The standard InChI is InChI=1S/C27H28FN3O6/c1-3-29-27(33)24(15-19-9-5-4-6-10-19)30(17-20-11-7-8-12-22(20)28)26(32)18-37-21-13-14-23(31(34)35)25(16-21)36-2/h4-14,16,24H,3,15,17-18H2,1-2H3,(H,29,33)/t24-/m1/s1. The highest BCUT2D eigenvalue weighted by molar-refractivity contribution is 5.88. The molecule has 0 unspecified atom stereocenters. The molecule has 3 rings (SSSR count). The Morgan fingerprint density at radius 1 is 1.08 bits per heavy atom. The molecule has 0 radical (unpaired) electrons. The lowest BCUT2D eigenvalue weighted by atomic mass is 10.0. The number of benzene rings is 3. The Labute approximate surface area is 214 Å². The number of carbonyl (C=O) groups excluding carboxylic acids is 2. The molecule has 3 aromatic carbocycles. The zero-order chi connectivity index (χ0) is 26.8. The number of nitro groups is 1. The fraction of sp³-hybridized carbons (Fsp3) is 0.259. The molecule has 2 amide bonds. The molecular formula is C27H28FN3O6. The van der Waals surface area contributed by atoms with E-state index < -0.39 is 29.3 Å². The van der Waals surface area contributed by atoms with Gasteiger partial charge in [-0.25, -0.2) is 4.39 Å². The molecule has 194 valence electrons. The number of nitro benzene ring substituents is 1. The van der Waals surface area contributed by atoms with Crippen molar-refractivity contribution in [1.29, 1.82) is 0 Å². The minimum Gasteiger partial charge on any atom is -0.490 e. The van der Waals surface area contributed by atoms with Crippen molar-refractivity contribution in [3.63, 3.8) is 0 Å². The van der Waals surface area contributed by atoms with Gasteiger partial charge >= 0.3 is 5.69 Å². The van der Waals surface area contributed by atoms with Gasteiger partial charge in [-0.2, -0.15) is 0 Å². The number of halogens is 1. The maximum absolute atomic E-state index is 14.6. The van der Waals surface area contributed by atoms with Crippen LogP contribution < -0.4 is 14.8 Å². The average molecular weight is 510 g/mol. The Bertz CT molecular complexity index is 1240. The number of hydrogen-bond donors (Lipinski definition) is 1. The summed E-state index contributed by atoms with van der Waals surface area (Å²) in [5.41, 5.74) is 0.822. The smallest absolute Gasteiger partial charge is 0.311 e. The fourth-order valence-electron chi connectivity index (χ4n) is 3.78. The van der Waals surface area contributed by atoms with Crippen molar-refractivity contribution in [1.82, 2.24) is 10.2 Å². The van der Waals surface area contributed by atoms with Crippen molar-refractivity contribution < 1.29 is 28.4 Å². The number of rotatable bonds is 12. The van der Waals surface area contributed by atoms with E-state index in [1.807, 2.05) is 30.3 Å². The third-order valence-electron chi connectivity index (χ3n) is 5.63. The maximum Gasteiger partial charge on any atom is 0.311 e. The summed E-state index contributed by atoms with van der Waals surface area (Å²) in [5, 5.41) is 13.9. The molecule has 37 heavy (non-hydrogen) atoms. The molecule has 9 nitrogen and oxygen atoms in total. The van der Waals surface area contributed by atoms with Gasteiger partial charge in [-0.15, -0.1) is 0 Å². The molecule has 0 aromatic heterocycles. The van der Waals surface area contributed by atoms with Gasteiger partial charge in [-0.1, -0.05) is 48.5 Å². The predicted molar refractivity (Wildman–Crippen MR) is 135 cm³/mol. The highest BCUT2D eigenvalue weighted by Crippen LogP contribution is 2.30. The van der Waals surface area contributed by atoms with E-state index in [4.69, 9.17) is 9.47 Å². The summed E-state index contributed by atoms with van der Waals surface area (Å²) in [5.74, 6) is -1.31. The van der Waals surface area contributed by atoms with Crippen LogP contribution >= 0.6 is 0 Å². The van der Waals surface area contributed by atoms with Crippen LogP contribution in [0, 0.1) is 15.9 Å². The molecule has 0 aliphatic carbocycles. The largest absolute Gasteiger partial charge is 0.490 e. The minimum absolute atomic E-state index is 0.0255. The second kappa shape index (κ2) is 13.0. The van der Waals surface area contributed by atoms with Crippen molar-refractivity contribution in [3.8, 4) is 11.5 Å². The highest BCUT2D eigenvalue weighted by atomic mass is 19.1. The van der Waals surface area contributed by atoms with E-state index in [9.17, 15) is 24.1 Å². The van der Waals surface area contributed by atoms with Gasteiger partial charge in [0.2, 0.25) is 11.7 Å². The number of amides is 2. The molecule has 1 atom stereocenters. The van der Waals surface area contributed by atoms with E-state index in [1.165, 1.54) is 36.3 Å². The van der Waals surface area contributed by atoms with Crippen LogP contribution in [-0.2, 0) is 22.6 Å². The number of hydrogen-bond acceptors (Lipinski definition) is 6. The lowest BCUT2D eigenvalue weighted by Gasteiger charge is -2.31. The van der Waals surface area contributed by atoms with Crippen LogP contribution in [0.25, 0.3) is 0 Å². The first-order valence-corrected chi connectivity index (χ1v) is 11.6. The Morgan fingerprint density at radius 2 is 1.78 bits per heavy atom. The van der Waals surface area contributed by atoms with Gasteiger partial charge in [0.05, 0.1) is 12.0 Å². The van der Waals surface area contributed by atoms with Crippen molar-refractivity contribution in [2.24, 2.45) is 0 Å². The molecule has 0 saturated heterocycles. The topological polar surface area (TPSA) is 111 Å². The van der Waals surface area contributed by atoms with Gasteiger partial charge in [-0.3, -0.25) is 19.7 Å². The first kappa shape index (κ1) is 27.1. The summed E-state index contributed by atoms with van der Waals surface area (Å²) in [6.07, 6.45) is 0.207. The van der Waals surface area contributed by atoms with Crippen LogP contribution in [-0.4, -0.2) is 47.9 Å². The molecule has 0 saturated carbocycles. The Morgan fingerprint density at radius 3 is 2.43 bits per heavy atom. The second-order valence-electron chi connectivity index (χ2n) is 8.09. The zero-order valence-electron chi connectivity index (χ0n) is 20.6. The summed E-state index contributed by atoms with van der Waals surface area (Å²) >= 11 is 0. The minimum atomic E-state index is -0.940. The summed E-state index contributed by atoms with van der Waals surface area (Å²) < 4.78 is 25.2. The van der Waals surface area contributed by atoms with Crippen LogP contribution in [0.5, 0.6) is 11.5 Å². The van der Waals surface area contributed by atoms with E-state index in [1.54, 1.807) is 25.1 Å². The van der Waals surface area contributed by atoms with Crippen molar-refractivity contribution in [2.45, 2.75) is 25.9 Å². The van der Waals surface area contributed by atoms with Crippen LogP contribution in [0.2, 0.25) is 0 Å². The normalized spacial score (nSPS) is 11.3. The monoisotopic (exact) mass is 509 g/mol. The lowest BCUT2D eigenvalue weighted by molar-refractivity contribution is -0.385. The molecular weight excluding hydrogens is 481 g/mol. The Balaban J connectivity index is 1.90. The third kappa shape index (κ3) is 7.26. The number of ether oxygens (including phenoxy) is 2. The molecule has 0 aliphatic heterocycles. The number of nitrogens with one attached hydrogen (secondary N) is 1. The average Bonchev–Trinajstić information content (AvgIpc) is 2.90. The quantitative estimate of drug-likeness (QED) is 0.293. The van der Waals surface area contributed by atoms with Gasteiger partial charge in [0.15, 0.2) is 6.61 Å². The number of carbonyl (C=O) groups is 2. The zero-order valence-corrected chi connectivity index (χ0v) is 20.6. The summed E-state index contributed by atoms with van der Waals surface area (Å²) in [7, 11) is 1.29. The van der Waals surface area contributed by atoms with Crippen LogP contribution in [0.4, 0.5) is 10.1 Å². The highest BCUT2D eigenvalue weighted by Gasteiger charge is 2.31. The third-order valence-corrected chi connectivity index (χ3v) is 5.63. The maximum atomic E-state index is 14.6. The van der Waals surface area contributed by atoms with E-state index in [0.29, 0.717) is 6.54 Å². The van der Waals surface area contributed by atoms with Crippen LogP contribution in [0.15, 0.2) is 72.8 Å². The number of likely N-dealkylation sites (N-methyl/N-ethyl adjacent to an activating group) is 1. The van der Waals surface area contributed by atoms with Gasteiger partial charge in [0.1, 0.15) is 17.6 Å². The van der Waals surface area contributed by atoms with Gasteiger partial charge in [0.25, 0.3) is 5.91 Å². The predicted octanol–water partition coefficient (Wildman–Crippen LogP) is 3.90.